The number of hydrogen-bond donors (Lipinski definition) is 1. The average Bonchev–Trinajstić information content (AvgIpc) is 2.92. The van der Waals surface area contributed by atoms with Crippen LogP contribution in [0, 0.1) is 18.7 Å². The van der Waals surface area contributed by atoms with Gasteiger partial charge in [-0.05, 0) is 68.3 Å². The van der Waals surface area contributed by atoms with Crippen molar-refractivity contribution < 1.29 is 4.39 Å². The van der Waals surface area contributed by atoms with Gasteiger partial charge >= 0.3 is 0 Å². The Labute approximate surface area is 116 Å². The average molecular weight is 263 g/mol. The Morgan fingerprint density at radius 1 is 1.32 bits per heavy atom. The summed E-state index contributed by atoms with van der Waals surface area (Å²) in [4.78, 5) is 0. The van der Waals surface area contributed by atoms with E-state index < -0.39 is 0 Å². The van der Waals surface area contributed by atoms with E-state index in [4.69, 9.17) is 0 Å². The topological polar surface area (TPSA) is 12.0 Å². The van der Waals surface area contributed by atoms with Gasteiger partial charge in [0.2, 0.25) is 0 Å². The zero-order chi connectivity index (χ0) is 13.7. The molecular weight excluding hydrogens is 237 g/mol. The third-order valence-corrected chi connectivity index (χ3v) is 4.47. The first-order valence-corrected chi connectivity index (χ1v) is 7.69. The fraction of sp³-hybridized carbons (Fsp3) is 0.647. The van der Waals surface area contributed by atoms with Crippen LogP contribution in [0.2, 0.25) is 0 Å². The molecule has 1 N–H and O–H groups in total. The summed E-state index contributed by atoms with van der Waals surface area (Å²) in [6.07, 6.45) is 7.59. The van der Waals surface area contributed by atoms with Gasteiger partial charge in [0.25, 0.3) is 0 Å². The number of hydrogen-bond acceptors (Lipinski definition) is 1. The highest BCUT2D eigenvalue weighted by Crippen LogP contribution is 2.29. The molecule has 0 spiro atoms. The molecule has 0 saturated heterocycles. The standard InChI is InChI=1S/C17H26FN/c1-3-19-17(14-6-4-5-7-14)11-9-15-12-16(18)10-8-13(15)2/h8,10,12,14,17,19H,3-7,9,11H2,1-2H3. The van der Waals surface area contributed by atoms with Gasteiger partial charge in [-0.2, -0.15) is 0 Å². The van der Waals surface area contributed by atoms with Crippen LogP contribution in [0.5, 0.6) is 0 Å². The molecule has 1 nitrogen and oxygen atoms in total. The van der Waals surface area contributed by atoms with Crippen molar-refractivity contribution in [1.29, 1.82) is 0 Å². The maximum absolute atomic E-state index is 13.3. The first kappa shape index (κ1) is 14.5. The van der Waals surface area contributed by atoms with Crippen LogP contribution in [0.1, 0.15) is 50.2 Å². The first-order chi connectivity index (χ1) is 9.20. The van der Waals surface area contributed by atoms with Gasteiger partial charge in [0.1, 0.15) is 5.82 Å². The molecule has 2 rings (SSSR count). The molecule has 1 aromatic carbocycles. The van der Waals surface area contributed by atoms with E-state index >= 15 is 0 Å². The number of halogens is 1. The molecule has 1 aliphatic rings. The quantitative estimate of drug-likeness (QED) is 0.809. The first-order valence-electron chi connectivity index (χ1n) is 7.69. The smallest absolute Gasteiger partial charge is 0.123 e. The van der Waals surface area contributed by atoms with Crippen molar-refractivity contribution in [2.24, 2.45) is 5.92 Å². The van der Waals surface area contributed by atoms with Gasteiger partial charge in [0, 0.05) is 6.04 Å². The van der Waals surface area contributed by atoms with E-state index in [0.717, 1.165) is 25.3 Å². The van der Waals surface area contributed by atoms with Gasteiger partial charge in [-0.3, -0.25) is 0 Å². The van der Waals surface area contributed by atoms with Crippen LogP contribution in [0.4, 0.5) is 4.39 Å². The number of benzene rings is 1. The van der Waals surface area contributed by atoms with Gasteiger partial charge in [-0.15, -0.1) is 0 Å². The second-order valence-electron chi connectivity index (χ2n) is 5.82. The largest absolute Gasteiger partial charge is 0.314 e. The minimum Gasteiger partial charge on any atom is -0.314 e. The molecule has 106 valence electrons. The lowest BCUT2D eigenvalue weighted by Crippen LogP contribution is -2.35. The zero-order valence-electron chi connectivity index (χ0n) is 12.2. The summed E-state index contributed by atoms with van der Waals surface area (Å²) in [5.41, 5.74) is 2.38. The Balaban J connectivity index is 1.95. The van der Waals surface area contributed by atoms with Crippen molar-refractivity contribution >= 4 is 0 Å². The van der Waals surface area contributed by atoms with Crippen LogP contribution >= 0.6 is 0 Å². The predicted octanol–water partition coefficient (Wildman–Crippen LogP) is 4.24. The minimum atomic E-state index is -0.110. The summed E-state index contributed by atoms with van der Waals surface area (Å²) in [7, 11) is 0. The zero-order valence-corrected chi connectivity index (χ0v) is 12.2. The summed E-state index contributed by atoms with van der Waals surface area (Å²) in [5.74, 6) is 0.718. The Morgan fingerprint density at radius 3 is 2.74 bits per heavy atom. The van der Waals surface area contributed by atoms with Gasteiger partial charge in [0.05, 0.1) is 0 Å². The van der Waals surface area contributed by atoms with E-state index in [1.807, 2.05) is 6.07 Å². The van der Waals surface area contributed by atoms with E-state index in [1.54, 1.807) is 12.1 Å². The summed E-state index contributed by atoms with van der Waals surface area (Å²) >= 11 is 0. The fourth-order valence-electron chi connectivity index (χ4n) is 3.35. The van der Waals surface area contributed by atoms with Crippen molar-refractivity contribution in [3.63, 3.8) is 0 Å². The van der Waals surface area contributed by atoms with Crippen molar-refractivity contribution in [2.45, 2.75) is 58.4 Å². The highest BCUT2D eigenvalue weighted by atomic mass is 19.1. The third kappa shape index (κ3) is 4.04. The molecular formula is C17H26FN. The van der Waals surface area contributed by atoms with E-state index in [2.05, 4.69) is 19.2 Å². The maximum atomic E-state index is 13.3. The van der Waals surface area contributed by atoms with Crippen LogP contribution in [-0.4, -0.2) is 12.6 Å². The SMILES string of the molecule is CCNC(CCc1cc(F)ccc1C)C1CCCC1. The lowest BCUT2D eigenvalue weighted by molar-refractivity contribution is 0.346. The molecule has 1 atom stereocenters. The molecule has 19 heavy (non-hydrogen) atoms. The molecule has 1 aliphatic carbocycles. The minimum absolute atomic E-state index is 0.110. The van der Waals surface area contributed by atoms with E-state index in [1.165, 1.54) is 36.8 Å². The second kappa shape index (κ2) is 7.04. The van der Waals surface area contributed by atoms with Gasteiger partial charge in [-0.1, -0.05) is 25.8 Å². The number of aryl methyl sites for hydroxylation is 2. The van der Waals surface area contributed by atoms with Crippen LogP contribution in [0.15, 0.2) is 18.2 Å². The lowest BCUT2D eigenvalue weighted by Gasteiger charge is -2.24. The third-order valence-electron chi connectivity index (χ3n) is 4.47. The summed E-state index contributed by atoms with van der Waals surface area (Å²) in [6.45, 7) is 5.28. The van der Waals surface area contributed by atoms with Crippen LogP contribution in [0.25, 0.3) is 0 Å². The molecule has 0 heterocycles. The lowest BCUT2D eigenvalue weighted by atomic mass is 9.91. The summed E-state index contributed by atoms with van der Waals surface area (Å²) < 4.78 is 13.3. The van der Waals surface area contributed by atoms with Crippen LogP contribution in [0.3, 0.4) is 0 Å². The second-order valence-corrected chi connectivity index (χ2v) is 5.82. The number of nitrogens with one attached hydrogen (secondary N) is 1. The highest BCUT2D eigenvalue weighted by Gasteiger charge is 2.24. The van der Waals surface area contributed by atoms with Gasteiger partial charge in [0.15, 0.2) is 0 Å². The van der Waals surface area contributed by atoms with E-state index in [-0.39, 0.29) is 5.82 Å². The van der Waals surface area contributed by atoms with Gasteiger partial charge in [-0.25, -0.2) is 4.39 Å². The van der Waals surface area contributed by atoms with Crippen molar-refractivity contribution in [3.05, 3.63) is 35.1 Å². The van der Waals surface area contributed by atoms with Crippen molar-refractivity contribution in [3.8, 4) is 0 Å². The number of rotatable bonds is 6. The molecule has 1 fully saturated rings. The Bertz CT molecular complexity index is 396. The van der Waals surface area contributed by atoms with Crippen LogP contribution in [-0.2, 0) is 6.42 Å². The maximum Gasteiger partial charge on any atom is 0.123 e. The van der Waals surface area contributed by atoms with E-state index in [9.17, 15) is 4.39 Å². The molecule has 1 saturated carbocycles. The van der Waals surface area contributed by atoms with E-state index in [0.29, 0.717) is 6.04 Å². The molecule has 0 amide bonds. The molecule has 2 heteroatoms. The van der Waals surface area contributed by atoms with Crippen molar-refractivity contribution in [1.82, 2.24) is 5.32 Å². The monoisotopic (exact) mass is 263 g/mol. The molecule has 0 bridgehead atoms. The Hall–Kier alpha value is -0.890. The highest BCUT2D eigenvalue weighted by molar-refractivity contribution is 5.26. The van der Waals surface area contributed by atoms with Gasteiger partial charge < -0.3 is 5.32 Å². The molecule has 0 aromatic heterocycles. The fourth-order valence-corrected chi connectivity index (χ4v) is 3.35. The normalized spacial score (nSPS) is 17.8. The molecule has 1 unspecified atom stereocenters. The molecule has 1 aromatic rings. The summed E-state index contributed by atoms with van der Waals surface area (Å²) in [5, 5.41) is 3.64. The Kier molecular flexibility index (Phi) is 5.38. The van der Waals surface area contributed by atoms with Crippen molar-refractivity contribution in [2.75, 3.05) is 6.54 Å². The summed E-state index contributed by atoms with van der Waals surface area (Å²) in [6, 6.07) is 5.75. The Morgan fingerprint density at radius 2 is 2.05 bits per heavy atom. The molecule has 0 radical (unpaired) electrons. The molecule has 0 aliphatic heterocycles. The predicted molar refractivity (Wildman–Crippen MR) is 78.9 cm³/mol. The van der Waals surface area contributed by atoms with Crippen LogP contribution < -0.4 is 5.32 Å².